The van der Waals surface area contributed by atoms with Crippen LogP contribution in [-0.2, 0) is 36.5 Å². The van der Waals surface area contributed by atoms with Crippen molar-refractivity contribution < 1.29 is 29.4 Å². The van der Waals surface area contributed by atoms with Gasteiger partial charge in [0, 0.05) is 32.2 Å². The van der Waals surface area contributed by atoms with Crippen LogP contribution in [0, 0.1) is 13.8 Å². The van der Waals surface area contributed by atoms with Crippen molar-refractivity contribution in [1.29, 1.82) is 0 Å². The minimum atomic E-state index is -2.25. The Bertz CT molecular complexity index is 2630. The number of aliphatic hydroxyl groups is 2. The van der Waals surface area contributed by atoms with Crippen molar-refractivity contribution in [3.8, 4) is 11.4 Å². The van der Waals surface area contributed by atoms with Gasteiger partial charge in [-0.05, 0) is 59.0 Å². The van der Waals surface area contributed by atoms with Crippen molar-refractivity contribution >= 4 is 61.6 Å². The van der Waals surface area contributed by atoms with Gasteiger partial charge in [0.2, 0.25) is 11.8 Å². The summed E-state index contributed by atoms with van der Waals surface area (Å²) in [6, 6.07) is 28.9. The second kappa shape index (κ2) is 29.7. The quantitative estimate of drug-likeness (QED) is 0.0367. The van der Waals surface area contributed by atoms with E-state index in [0.29, 0.717) is 27.1 Å². The van der Waals surface area contributed by atoms with Gasteiger partial charge >= 0.3 is 130 Å². The molecule has 0 saturated heterocycles. The van der Waals surface area contributed by atoms with Crippen LogP contribution in [0.1, 0.15) is 103 Å². The van der Waals surface area contributed by atoms with Crippen LogP contribution in [0.3, 0.4) is 0 Å². The van der Waals surface area contributed by atoms with Gasteiger partial charge in [0.05, 0.1) is 28.9 Å². The Kier molecular flexibility index (Phi) is 24.2. The van der Waals surface area contributed by atoms with E-state index >= 15 is 0 Å². The number of aromatic nitrogens is 6. The maximum absolute atomic E-state index is 13.0. The zero-order valence-corrected chi connectivity index (χ0v) is 47.2. The summed E-state index contributed by atoms with van der Waals surface area (Å²) in [5.74, 6) is -2.72. The Balaban J connectivity index is 0.000000239. The molecule has 0 radical (unpaired) electrons. The molecule has 4 atom stereocenters. The summed E-state index contributed by atoms with van der Waals surface area (Å²) in [4.78, 5) is 57.7. The Hall–Kier alpha value is -5.76. The van der Waals surface area contributed by atoms with Crippen LogP contribution in [-0.4, -0.2) is 106 Å². The number of rotatable bonds is 23. The Labute approximate surface area is 436 Å². The van der Waals surface area contributed by atoms with E-state index in [2.05, 4.69) is 87.6 Å². The Morgan fingerprint density at radius 2 is 1.04 bits per heavy atom. The molecule has 4 heterocycles. The molecule has 72 heavy (non-hydrogen) atoms. The van der Waals surface area contributed by atoms with E-state index in [4.69, 9.17) is 16.5 Å². The predicted molar refractivity (Wildman–Crippen MR) is 289 cm³/mol. The van der Waals surface area contributed by atoms with Crippen LogP contribution in [0.5, 0.6) is 0 Å². The molecule has 4 aromatic heterocycles. The fourth-order valence-electron chi connectivity index (χ4n) is 8.38. The molecular weight excluding hydrogens is 1080 g/mol. The van der Waals surface area contributed by atoms with E-state index in [1.807, 2.05) is 79.7 Å². The predicted octanol–water partition coefficient (Wildman–Crippen LogP) is 6.79. The number of carbonyl (C=O) groups is 4. The maximum atomic E-state index is 13.0. The number of primary amides is 2. The first kappa shape index (κ1) is 58.8. The number of aliphatic hydroxyl groups excluding tert-OH is 2. The average molecular weight is 1160 g/mol. The molecule has 0 aliphatic carbocycles. The van der Waals surface area contributed by atoms with Crippen LogP contribution in [0.25, 0.3) is 11.4 Å². The van der Waals surface area contributed by atoms with Gasteiger partial charge < -0.3 is 32.3 Å². The van der Waals surface area contributed by atoms with Gasteiger partial charge in [-0.2, -0.15) is 10.2 Å². The van der Waals surface area contributed by atoms with Crippen LogP contribution >= 0.6 is 15.9 Å². The third kappa shape index (κ3) is 18.1. The minimum absolute atomic E-state index is 0.245. The van der Waals surface area contributed by atoms with Crippen LogP contribution in [0.2, 0.25) is 13.3 Å². The number of nitrogens with one attached hydrogen (secondary N) is 2. The third-order valence-corrected chi connectivity index (χ3v) is 28.0. The van der Waals surface area contributed by atoms with Gasteiger partial charge in [0.25, 0.3) is 11.8 Å². The van der Waals surface area contributed by atoms with Crippen LogP contribution in [0.15, 0.2) is 114 Å². The van der Waals surface area contributed by atoms with Crippen molar-refractivity contribution in [1.82, 2.24) is 40.2 Å². The van der Waals surface area contributed by atoms with Crippen molar-refractivity contribution in [3.05, 3.63) is 148 Å². The van der Waals surface area contributed by atoms with E-state index in [0.717, 1.165) is 16.8 Å². The molecule has 6 rings (SSSR count). The first-order chi connectivity index (χ1) is 34.4. The molecule has 4 amide bonds. The number of unbranched alkanes of at least 4 members (excludes halogenated alkanes) is 3. The number of nitrogens with zero attached hydrogens (tertiary/aromatic N) is 6. The Morgan fingerprint density at radius 3 is 1.46 bits per heavy atom. The Morgan fingerprint density at radius 1 is 0.611 bits per heavy atom. The monoisotopic (exact) mass is 1160 g/mol. The number of pyridine rings is 2. The zero-order chi connectivity index (χ0) is 52.8. The van der Waals surface area contributed by atoms with Gasteiger partial charge in [0.15, 0.2) is 12.2 Å². The number of nitrogens with two attached hydrogens (primary N) is 2. The molecule has 386 valence electrons. The number of hydrogen-bond donors (Lipinski definition) is 6. The van der Waals surface area contributed by atoms with Gasteiger partial charge in [-0.3, -0.25) is 33.5 Å². The summed E-state index contributed by atoms with van der Waals surface area (Å²) in [6.45, 7) is 11.0. The molecule has 0 saturated carbocycles. The summed E-state index contributed by atoms with van der Waals surface area (Å²) >= 11 is 0.944. The molecule has 0 aliphatic rings. The molecule has 8 N–H and O–H groups in total. The van der Waals surface area contributed by atoms with E-state index in [9.17, 15) is 29.4 Å². The number of amides is 4. The molecular formula is C54H73BrN10O6Sn. The first-order valence-electron chi connectivity index (χ1n) is 24.7. The average Bonchev–Trinajstić information content (AvgIpc) is 3.94. The second-order valence-electron chi connectivity index (χ2n) is 18.2. The van der Waals surface area contributed by atoms with Gasteiger partial charge in [-0.15, -0.1) is 0 Å². The molecule has 0 spiro atoms. The van der Waals surface area contributed by atoms with E-state index in [1.165, 1.54) is 73.1 Å². The molecule has 0 fully saturated rings. The fraction of sp³-hybridized carbons (Fsp3) is 0.407. The van der Waals surface area contributed by atoms with E-state index in [1.54, 1.807) is 30.1 Å². The molecule has 18 heteroatoms. The number of benzene rings is 2. The summed E-state index contributed by atoms with van der Waals surface area (Å²) in [6.07, 6.45) is 8.86. The fourth-order valence-corrected chi connectivity index (χ4v) is 24.5. The number of carbonyl (C=O) groups excluding carboxylic acids is 4. The van der Waals surface area contributed by atoms with Crippen molar-refractivity contribution in [2.45, 2.75) is 124 Å². The maximum Gasteiger partial charge on any atom is 0.255 e. The number of aryl methyl sites for hydroxylation is 4. The number of hydrogen-bond acceptors (Lipinski definition) is 10. The molecule has 6 aromatic rings. The van der Waals surface area contributed by atoms with Gasteiger partial charge in [-0.1, -0.05) is 66.7 Å². The minimum Gasteiger partial charge on any atom is -0.381 e. The normalized spacial score (nSPS) is 12.8. The molecule has 0 aliphatic heterocycles. The van der Waals surface area contributed by atoms with Crippen molar-refractivity contribution in [3.63, 3.8) is 0 Å². The summed E-state index contributed by atoms with van der Waals surface area (Å²) in [5.41, 5.74) is 15.8. The van der Waals surface area contributed by atoms with Crippen molar-refractivity contribution in [2.24, 2.45) is 25.6 Å². The van der Waals surface area contributed by atoms with Gasteiger partial charge in [-0.25, -0.2) is 0 Å². The van der Waals surface area contributed by atoms with Gasteiger partial charge in [0.1, 0.15) is 10.3 Å². The van der Waals surface area contributed by atoms with E-state index < -0.39 is 66.3 Å². The number of halogens is 1. The zero-order valence-electron chi connectivity index (χ0n) is 42.7. The largest absolute Gasteiger partial charge is 0.381 e. The van der Waals surface area contributed by atoms with E-state index in [-0.39, 0.29) is 12.8 Å². The summed E-state index contributed by atoms with van der Waals surface area (Å²) < 4.78 is 9.49. The van der Waals surface area contributed by atoms with Crippen LogP contribution in [0.4, 0.5) is 0 Å². The standard InChI is InChI=1S/C21H23N5O3.C15H17BrN4O3.C6H6N.3C4H9.Sn/c1-13-7-6-10-16(23-13)18-15(12-26(2)25-18)21(29)24-17(19(27)20(22)28)11-14-8-4-3-5-9-14;1-20-8-10(13(16)19-20)15(23)18-11(12(21)14(17)22)7-9-5-3-2-4-6-9;1-6-4-2-3-5-7-6;3*1-3-4-2;/h3-10,12,17,19,27H,11H2,1-2H3,(H2,22,28)(H,24,29);2-6,8,11-12,21H,7H2,1H3,(H2,17,22)(H,18,23);2-4H,1H3;3*1,3-4H2,2H3;. The SMILES string of the molecule is CCC[CH2][Sn]([CH2]CCC)([CH2]CCC)[c]1cccc(C)n1.Cc1cccc(-c2nn(C)cc2C(=O)NC(Cc2ccccc2)C(O)C(N)=O)n1.Cn1cc(C(=O)NC(Cc2ccccc2)C(O)C(N)=O)c(Br)n1. The summed E-state index contributed by atoms with van der Waals surface area (Å²) in [5, 5.41) is 34.0. The molecule has 0 bridgehead atoms. The third-order valence-electron chi connectivity index (χ3n) is 12.3. The summed E-state index contributed by atoms with van der Waals surface area (Å²) in [7, 11) is 3.39. The van der Waals surface area contributed by atoms with Crippen molar-refractivity contribution in [2.75, 3.05) is 0 Å². The first-order valence-corrected chi connectivity index (χ1v) is 32.9. The molecule has 16 nitrogen and oxygen atoms in total. The topological polar surface area (TPSA) is 246 Å². The second-order valence-corrected chi connectivity index (χ2v) is 32.0. The van der Waals surface area contributed by atoms with Crippen LogP contribution < -0.4 is 25.8 Å². The molecule has 2 aromatic carbocycles. The smallest absolute Gasteiger partial charge is 0.255 e. The molecule has 4 unspecified atom stereocenters.